The summed E-state index contributed by atoms with van der Waals surface area (Å²) in [6, 6.07) is 0. The first-order valence-corrected chi connectivity index (χ1v) is 5.68. The summed E-state index contributed by atoms with van der Waals surface area (Å²) in [5.41, 5.74) is 7.46. The Balaban J connectivity index is 0.00000180. The van der Waals surface area contributed by atoms with Crippen molar-refractivity contribution in [1.82, 2.24) is 24.9 Å². The first-order chi connectivity index (χ1) is 8.61. The number of hydrogen-bond acceptors (Lipinski definition) is 4. The van der Waals surface area contributed by atoms with Gasteiger partial charge in [-0.2, -0.15) is 10.2 Å². The molecular weight excluding hydrogens is 268 g/mol. The molecule has 0 bridgehead atoms. The number of aromatic nitrogens is 4. The fourth-order valence-corrected chi connectivity index (χ4v) is 1.72. The Bertz CT molecular complexity index is 561. The van der Waals surface area contributed by atoms with E-state index in [1.54, 1.807) is 15.6 Å². The van der Waals surface area contributed by atoms with Crippen LogP contribution in [0.5, 0.6) is 0 Å². The van der Waals surface area contributed by atoms with Gasteiger partial charge in [-0.15, -0.1) is 12.4 Å². The van der Waals surface area contributed by atoms with E-state index in [-0.39, 0.29) is 18.3 Å². The molecule has 0 atom stereocenters. The second-order valence-corrected chi connectivity index (χ2v) is 3.97. The maximum Gasteiger partial charge on any atom is 0.271 e. The molecule has 2 rings (SSSR count). The Morgan fingerprint density at radius 1 is 1.42 bits per heavy atom. The molecule has 1 amide bonds. The quantitative estimate of drug-likeness (QED) is 0.859. The van der Waals surface area contributed by atoms with E-state index in [9.17, 15) is 4.79 Å². The van der Waals surface area contributed by atoms with Crippen LogP contribution < -0.4 is 11.1 Å². The van der Waals surface area contributed by atoms with E-state index in [1.807, 2.05) is 20.2 Å². The second kappa shape index (κ2) is 6.24. The SMILES string of the molecule is CCn1ncc(N)c1C(=O)NCc1cnn(C)c1.Cl. The van der Waals surface area contributed by atoms with Crippen molar-refractivity contribution in [2.75, 3.05) is 5.73 Å². The molecule has 0 radical (unpaired) electrons. The molecule has 0 saturated carbocycles. The third-order valence-corrected chi connectivity index (χ3v) is 2.59. The van der Waals surface area contributed by atoms with Crippen LogP contribution in [0.25, 0.3) is 0 Å². The van der Waals surface area contributed by atoms with Crippen molar-refractivity contribution in [1.29, 1.82) is 0 Å². The van der Waals surface area contributed by atoms with Gasteiger partial charge in [0.2, 0.25) is 0 Å². The summed E-state index contributed by atoms with van der Waals surface area (Å²) in [4.78, 5) is 12.0. The van der Waals surface area contributed by atoms with Crippen LogP contribution >= 0.6 is 12.4 Å². The predicted molar refractivity (Wildman–Crippen MR) is 73.9 cm³/mol. The maximum atomic E-state index is 12.0. The lowest BCUT2D eigenvalue weighted by molar-refractivity contribution is 0.0941. The summed E-state index contributed by atoms with van der Waals surface area (Å²) in [7, 11) is 1.83. The molecule has 7 nitrogen and oxygen atoms in total. The molecule has 2 heterocycles. The molecule has 0 unspecified atom stereocenters. The Labute approximate surface area is 117 Å². The van der Waals surface area contributed by atoms with Crippen molar-refractivity contribution in [3.8, 4) is 0 Å². The van der Waals surface area contributed by atoms with Crippen molar-refractivity contribution in [3.05, 3.63) is 29.8 Å². The molecule has 0 fully saturated rings. The van der Waals surface area contributed by atoms with Crippen LogP contribution in [0.15, 0.2) is 18.6 Å². The zero-order chi connectivity index (χ0) is 13.1. The van der Waals surface area contributed by atoms with Crippen molar-refractivity contribution in [2.24, 2.45) is 7.05 Å². The molecule has 0 saturated heterocycles. The number of aryl methyl sites for hydroxylation is 2. The van der Waals surface area contributed by atoms with Gasteiger partial charge in [0.15, 0.2) is 0 Å². The number of nitrogen functional groups attached to an aromatic ring is 1. The van der Waals surface area contributed by atoms with Crippen LogP contribution in [0.1, 0.15) is 23.0 Å². The lowest BCUT2D eigenvalue weighted by Crippen LogP contribution is -2.26. The van der Waals surface area contributed by atoms with E-state index in [0.29, 0.717) is 24.5 Å². The summed E-state index contributed by atoms with van der Waals surface area (Å²) >= 11 is 0. The highest BCUT2D eigenvalue weighted by Crippen LogP contribution is 2.10. The number of hydrogen-bond donors (Lipinski definition) is 2. The molecular formula is C11H17ClN6O. The molecule has 2 aromatic heterocycles. The van der Waals surface area contributed by atoms with E-state index >= 15 is 0 Å². The van der Waals surface area contributed by atoms with Gasteiger partial charge in [0, 0.05) is 31.9 Å². The largest absolute Gasteiger partial charge is 0.396 e. The second-order valence-electron chi connectivity index (χ2n) is 3.97. The van der Waals surface area contributed by atoms with Crippen LogP contribution in [-0.4, -0.2) is 25.5 Å². The predicted octanol–water partition coefficient (Wildman–Crippen LogP) is 0.570. The minimum atomic E-state index is -0.226. The minimum absolute atomic E-state index is 0. The fourth-order valence-electron chi connectivity index (χ4n) is 1.72. The van der Waals surface area contributed by atoms with E-state index in [1.165, 1.54) is 6.20 Å². The lowest BCUT2D eigenvalue weighted by atomic mass is 10.3. The van der Waals surface area contributed by atoms with Gasteiger partial charge < -0.3 is 11.1 Å². The number of carbonyl (C=O) groups is 1. The van der Waals surface area contributed by atoms with Gasteiger partial charge in [0.1, 0.15) is 5.69 Å². The molecule has 0 aliphatic heterocycles. The zero-order valence-corrected chi connectivity index (χ0v) is 11.6. The Kier molecular flexibility index (Phi) is 4.94. The van der Waals surface area contributed by atoms with Crippen LogP contribution in [0.2, 0.25) is 0 Å². The van der Waals surface area contributed by atoms with Gasteiger partial charge in [-0.3, -0.25) is 14.2 Å². The Hall–Kier alpha value is -2.02. The lowest BCUT2D eigenvalue weighted by Gasteiger charge is -2.06. The van der Waals surface area contributed by atoms with Gasteiger partial charge in [0.25, 0.3) is 5.91 Å². The molecule has 19 heavy (non-hydrogen) atoms. The van der Waals surface area contributed by atoms with Crippen molar-refractivity contribution in [2.45, 2.75) is 20.0 Å². The number of carbonyl (C=O) groups excluding carboxylic acids is 1. The van der Waals surface area contributed by atoms with Gasteiger partial charge >= 0.3 is 0 Å². The number of nitrogens with one attached hydrogen (secondary N) is 1. The number of nitrogens with zero attached hydrogens (tertiary/aromatic N) is 4. The smallest absolute Gasteiger partial charge is 0.271 e. The van der Waals surface area contributed by atoms with E-state index in [0.717, 1.165) is 5.56 Å². The number of nitrogens with two attached hydrogens (primary N) is 1. The molecule has 0 spiro atoms. The first kappa shape index (κ1) is 15.0. The molecule has 104 valence electrons. The van der Waals surface area contributed by atoms with Gasteiger partial charge in [0.05, 0.1) is 18.1 Å². The van der Waals surface area contributed by atoms with Crippen molar-refractivity contribution < 1.29 is 4.79 Å². The van der Waals surface area contributed by atoms with Crippen LogP contribution in [0, 0.1) is 0 Å². The third-order valence-electron chi connectivity index (χ3n) is 2.59. The average molecular weight is 285 g/mol. The normalized spacial score (nSPS) is 10.0. The summed E-state index contributed by atoms with van der Waals surface area (Å²) < 4.78 is 3.26. The standard InChI is InChI=1S/C11H16N6O.ClH/c1-3-17-10(9(12)6-15-17)11(18)13-4-8-5-14-16(2)7-8;/h5-7H,3-4,12H2,1-2H3,(H,13,18);1H. The van der Waals surface area contributed by atoms with Crippen LogP contribution in [0.3, 0.4) is 0 Å². The van der Waals surface area contributed by atoms with Crippen LogP contribution in [-0.2, 0) is 20.1 Å². The third kappa shape index (κ3) is 3.25. The fraction of sp³-hybridized carbons (Fsp3) is 0.364. The molecule has 0 aromatic carbocycles. The summed E-state index contributed by atoms with van der Waals surface area (Å²) in [6.07, 6.45) is 5.05. The van der Waals surface area contributed by atoms with E-state index < -0.39 is 0 Å². The molecule has 2 aromatic rings. The highest BCUT2D eigenvalue weighted by molar-refractivity contribution is 5.97. The van der Waals surface area contributed by atoms with E-state index in [4.69, 9.17) is 5.73 Å². The summed E-state index contributed by atoms with van der Waals surface area (Å²) in [5.74, 6) is -0.226. The molecule has 0 aliphatic carbocycles. The molecule has 0 aliphatic rings. The van der Waals surface area contributed by atoms with Crippen molar-refractivity contribution >= 4 is 24.0 Å². The Morgan fingerprint density at radius 3 is 2.74 bits per heavy atom. The van der Waals surface area contributed by atoms with Gasteiger partial charge in [-0.05, 0) is 6.92 Å². The molecule has 3 N–H and O–H groups in total. The maximum absolute atomic E-state index is 12.0. The Morgan fingerprint density at radius 2 is 2.16 bits per heavy atom. The highest BCUT2D eigenvalue weighted by atomic mass is 35.5. The zero-order valence-electron chi connectivity index (χ0n) is 10.8. The van der Waals surface area contributed by atoms with E-state index in [2.05, 4.69) is 15.5 Å². The van der Waals surface area contributed by atoms with Crippen LogP contribution in [0.4, 0.5) is 5.69 Å². The first-order valence-electron chi connectivity index (χ1n) is 5.68. The number of rotatable bonds is 4. The number of halogens is 1. The number of amides is 1. The molecule has 8 heteroatoms. The highest BCUT2D eigenvalue weighted by Gasteiger charge is 2.15. The minimum Gasteiger partial charge on any atom is -0.396 e. The topological polar surface area (TPSA) is 90.8 Å². The van der Waals surface area contributed by atoms with Gasteiger partial charge in [-0.25, -0.2) is 0 Å². The van der Waals surface area contributed by atoms with Gasteiger partial charge in [-0.1, -0.05) is 0 Å². The van der Waals surface area contributed by atoms with Crippen molar-refractivity contribution in [3.63, 3.8) is 0 Å². The number of anilines is 1. The summed E-state index contributed by atoms with van der Waals surface area (Å²) in [5, 5.41) is 10.9. The average Bonchev–Trinajstić information content (AvgIpc) is 2.92. The monoisotopic (exact) mass is 284 g/mol. The summed E-state index contributed by atoms with van der Waals surface area (Å²) in [6.45, 7) is 2.93.